The van der Waals surface area contributed by atoms with Gasteiger partial charge in [0.25, 0.3) is 12.9 Å². The molecule has 0 radical (unpaired) electrons. The summed E-state index contributed by atoms with van der Waals surface area (Å²) in [5.41, 5.74) is -6.13. The summed E-state index contributed by atoms with van der Waals surface area (Å²) in [6.07, 6.45) is -6.33. The van der Waals surface area contributed by atoms with E-state index in [-0.39, 0.29) is 15.8 Å². The van der Waals surface area contributed by atoms with Crippen LogP contribution in [0.3, 0.4) is 0 Å². The molecule has 18 heteroatoms. The second kappa shape index (κ2) is 16.2. The lowest BCUT2D eigenvalue weighted by Crippen LogP contribution is -2.59. The Hall–Kier alpha value is -1.79. The lowest BCUT2D eigenvalue weighted by Gasteiger charge is -2.36. The van der Waals surface area contributed by atoms with Gasteiger partial charge in [0.15, 0.2) is 11.1 Å². The fourth-order valence-corrected chi connectivity index (χ4v) is 9.55. The van der Waals surface area contributed by atoms with Crippen molar-refractivity contribution in [2.45, 2.75) is 62.8 Å². The number of aliphatic hydroxyl groups is 1. The Morgan fingerprint density at radius 1 is 1.16 bits per heavy atom. The summed E-state index contributed by atoms with van der Waals surface area (Å²) in [4.78, 5) is 30.5. The minimum Gasteiger partial charge on any atom is -0.393 e. The van der Waals surface area contributed by atoms with E-state index in [2.05, 4.69) is 47.1 Å². The largest absolute Gasteiger partial charge is 0.393 e. The number of aromatic nitrogens is 2. The van der Waals surface area contributed by atoms with Gasteiger partial charge < -0.3 is 20.5 Å². The van der Waals surface area contributed by atoms with Crippen LogP contribution in [0.5, 0.6) is 0 Å². The van der Waals surface area contributed by atoms with Crippen LogP contribution in [-0.4, -0.2) is 73.5 Å². The Labute approximate surface area is 273 Å². The Bertz CT molecular complexity index is 1330. The van der Waals surface area contributed by atoms with Gasteiger partial charge in [-0.2, -0.15) is 0 Å². The highest BCUT2D eigenvalue weighted by molar-refractivity contribution is 9.10. The van der Waals surface area contributed by atoms with E-state index in [9.17, 15) is 36.6 Å². The number of carbonyl (C=O) groups excluding carboxylic acids is 2. The SMILES string of the molecule is CC[Si](CC)(CC)c1cc(Br)nc([C@](CO)(NC(=O)CCl)C(F)F)c1F.O=C1COC[C@](c2nc(Br)ccc2F)(C(F)F)N1. The number of carbonyl (C=O) groups is 2. The first-order valence-electron chi connectivity index (χ1n) is 13.3. The lowest BCUT2D eigenvalue weighted by molar-refractivity contribution is -0.144. The first-order chi connectivity index (χ1) is 20.6. The fourth-order valence-electron chi connectivity index (χ4n) is 4.89. The molecule has 2 aromatic heterocycles. The number of hydrogen-bond acceptors (Lipinski definition) is 6. The van der Waals surface area contributed by atoms with E-state index in [1.807, 2.05) is 26.1 Å². The normalized spacial score (nSPS) is 18.4. The Kier molecular flexibility index (Phi) is 14.1. The van der Waals surface area contributed by atoms with E-state index in [1.54, 1.807) is 0 Å². The van der Waals surface area contributed by atoms with Crippen molar-refractivity contribution in [2.75, 3.05) is 25.7 Å². The number of aliphatic hydroxyl groups excluding tert-OH is 1. The molecule has 2 aromatic rings. The van der Waals surface area contributed by atoms with Gasteiger partial charge in [0, 0.05) is 0 Å². The topological polar surface area (TPSA) is 113 Å². The second-order valence-electron chi connectivity index (χ2n) is 9.89. The van der Waals surface area contributed by atoms with Crippen molar-refractivity contribution in [1.29, 1.82) is 0 Å². The van der Waals surface area contributed by atoms with E-state index in [1.165, 1.54) is 12.1 Å². The van der Waals surface area contributed by atoms with E-state index >= 15 is 4.39 Å². The molecule has 1 saturated heterocycles. The summed E-state index contributed by atoms with van der Waals surface area (Å²) in [6.45, 7) is 3.78. The monoisotopic (exact) mass is 798 g/mol. The van der Waals surface area contributed by atoms with E-state index in [4.69, 9.17) is 16.3 Å². The maximum absolute atomic E-state index is 15.4. The number of ether oxygens (including phenoxy) is 1. The van der Waals surface area contributed by atoms with Crippen molar-refractivity contribution >= 4 is 68.5 Å². The van der Waals surface area contributed by atoms with Crippen molar-refractivity contribution in [2.24, 2.45) is 0 Å². The van der Waals surface area contributed by atoms with E-state index < -0.39 is 85.9 Å². The van der Waals surface area contributed by atoms with Crippen LogP contribution in [0, 0.1) is 11.6 Å². The molecule has 0 saturated carbocycles. The minimum absolute atomic E-state index is 0.176. The van der Waals surface area contributed by atoms with Crippen LogP contribution >= 0.6 is 43.5 Å². The van der Waals surface area contributed by atoms with E-state index in [0.717, 1.165) is 24.2 Å². The zero-order chi connectivity index (χ0) is 33.5. The summed E-state index contributed by atoms with van der Waals surface area (Å²) in [5.74, 6) is -4.11. The van der Waals surface area contributed by atoms with Gasteiger partial charge in [-0.05, 0) is 55.2 Å². The van der Waals surface area contributed by atoms with Crippen LogP contribution in [0.1, 0.15) is 32.2 Å². The van der Waals surface area contributed by atoms with Crippen molar-refractivity contribution < 1.29 is 45.8 Å². The summed E-state index contributed by atoms with van der Waals surface area (Å²) < 4.78 is 88.5. The third-order valence-electron chi connectivity index (χ3n) is 7.59. The molecule has 0 aliphatic carbocycles. The standard InChI is InChI=1S/C16H23BrClF3N2O2Si.C10H8BrF3N2O2/c1-4-26(5-2,6-3)10-7-11(17)22-14(13(10)19)16(9-24,15(20)21)23-12(25)8-18;11-6-2-1-5(12)8(15-6)10(9(13)14)4-18-3-7(17)16-10/h7,15,24H,4-6,8-9H2,1-3H3,(H,23,25);1-2,9H,3-4H2,(H,16,17)/t16-;10-/m00/s1. The summed E-state index contributed by atoms with van der Waals surface area (Å²) in [6, 6.07) is 5.98. The van der Waals surface area contributed by atoms with Gasteiger partial charge >= 0.3 is 0 Å². The van der Waals surface area contributed by atoms with Gasteiger partial charge in [-0.3, -0.25) is 9.59 Å². The van der Waals surface area contributed by atoms with Crippen molar-refractivity contribution in [1.82, 2.24) is 20.6 Å². The first kappa shape index (κ1) is 38.4. The number of morpholine rings is 1. The first-order valence-corrected chi connectivity index (χ1v) is 18.0. The molecule has 1 aliphatic heterocycles. The third-order valence-corrected chi connectivity index (χ3v) is 14.2. The average molecular weight is 801 g/mol. The zero-order valence-electron chi connectivity index (χ0n) is 23.8. The number of nitrogens with zero attached hydrogens (tertiary/aromatic N) is 2. The number of halogens is 9. The maximum atomic E-state index is 15.4. The summed E-state index contributed by atoms with van der Waals surface area (Å²) >= 11 is 11.5. The number of pyridine rings is 2. The predicted molar refractivity (Wildman–Crippen MR) is 161 cm³/mol. The van der Waals surface area contributed by atoms with Gasteiger partial charge in [0.1, 0.15) is 44.7 Å². The number of hydrogen-bond donors (Lipinski definition) is 3. The van der Waals surface area contributed by atoms with Crippen molar-refractivity contribution in [3.05, 3.63) is 50.4 Å². The molecule has 3 rings (SSSR count). The van der Waals surface area contributed by atoms with Crippen LogP contribution in [0.25, 0.3) is 0 Å². The number of nitrogens with one attached hydrogen (secondary N) is 2. The van der Waals surface area contributed by atoms with E-state index in [0.29, 0.717) is 5.19 Å². The van der Waals surface area contributed by atoms with Gasteiger partial charge in [-0.25, -0.2) is 36.3 Å². The molecule has 0 unspecified atom stereocenters. The molecule has 1 fully saturated rings. The molecule has 0 aromatic carbocycles. The van der Waals surface area contributed by atoms with Gasteiger partial charge in [0.05, 0.1) is 21.3 Å². The smallest absolute Gasteiger partial charge is 0.269 e. The fraction of sp³-hybridized carbons (Fsp3) is 0.538. The van der Waals surface area contributed by atoms with Crippen LogP contribution in [0.4, 0.5) is 26.3 Å². The molecule has 3 heterocycles. The van der Waals surface area contributed by atoms with Crippen molar-refractivity contribution in [3.8, 4) is 0 Å². The zero-order valence-corrected chi connectivity index (χ0v) is 28.7. The Morgan fingerprint density at radius 2 is 1.77 bits per heavy atom. The lowest BCUT2D eigenvalue weighted by atomic mass is 9.94. The van der Waals surface area contributed by atoms with Crippen LogP contribution < -0.4 is 15.8 Å². The molecule has 3 N–H and O–H groups in total. The molecular formula is C26H31Br2ClF6N4O4Si. The predicted octanol–water partition coefficient (Wildman–Crippen LogP) is 5.10. The molecule has 0 spiro atoms. The Morgan fingerprint density at radius 3 is 2.25 bits per heavy atom. The molecule has 0 bridgehead atoms. The minimum atomic E-state index is -3.29. The molecule has 246 valence electrons. The molecule has 2 amide bonds. The van der Waals surface area contributed by atoms with Gasteiger partial charge in [-0.15, -0.1) is 11.6 Å². The number of rotatable bonds is 11. The molecule has 44 heavy (non-hydrogen) atoms. The highest BCUT2D eigenvalue weighted by Gasteiger charge is 2.50. The third kappa shape index (κ3) is 7.94. The molecule has 1 aliphatic rings. The second-order valence-corrected chi connectivity index (χ2v) is 17.0. The molecule has 2 atom stereocenters. The number of alkyl halides is 5. The molecular weight excluding hydrogens is 770 g/mol. The van der Waals surface area contributed by atoms with Gasteiger partial charge in [0.2, 0.25) is 11.8 Å². The summed E-state index contributed by atoms with van der Waals surface area (Å²) in [7, 11) is -2.29. The highest BCUT2D eigenvalue weighted by atomic mass is 79.9. The van der Waals surface area contributed by atoms with Crippen LogP contribution in [-0.2, 0) is 25.4 Å². The average Bonchev–Trinajstić information content (AvgIpc) is 2.99. The van der Waals surface area contributed by atoms with Crippen LogP contribution in [0.2, 0.25) is 18.1 Å². The summed E-state index contributed by atoms with van der Waals surface area (Å²) in [5, 5.41) is 14.1. The quantitative estimate of drug-likeness (QED) is 0.126. The molecule has 8 nitrogen and oxygen atoms in total. The van der Waals surface area contributed by atoms with Crippen LogP contribution in [0.15, 0.2) is 27.4 Å². The number of amides is 2. The maximum Gasteiger partial charge on any atom is 0.269 e. The highest BCUT2D eigenvalue weighted by Crippen LogP contribution is 2.33. The Balaban J connectivity index is 0.000000326. The van der Waals surface area contributed by atoms with Crippen molar-refractivity contribution in [3.63, 3.8) is 0 Å². The van der Waals surface area contributed by atoms with Gasteiger partial charge in [-0.1, -0.05) is 38.9 Å².